The minimum Gasteiger partial charge on any atom is -0.298 e. The van der Waals surface area contributed by atoms with E-state index >= 15 is 0 Å². The molecule has 1 unspecified atom stereocenters. The lowest BCUT2D eigenvalue weighted by Crippen LogP contribution is -2.28. The number of ketones is 1. The van der Waals surface area contributed by atoms with Gasteiger partial charge in [-0.2, -0.15) is 0 Å². The molecule has 2 heteroatoms. The first-order chi connectivity index (χ1) is 7.69. The summed E-state index contributed by atoms with van der Waals surface area (Å²) in [5, 5.41) is 0. The van der Waals surface area contributed by atoms with Gasteiger partial charge in [-0.1, -0.05) is 39.0 Å². The minimum atomic E-state index is -0.0244. The highest BCUT2D eigenvalue weighted by Crippen LogP contribution is 2.39. The van der Waals surface area contributed by atoms with Crippen LogP contribution in [0.5, 0.6) is 0 Å². The maximum Gasteiger partial charge on any atom is 0.148 e. The third-order valence-electron chi connectivity index (χ3n) is 3.57. The third-order valence-corrected chi connectivity index (χ3v) is 5.13. The number of hydrogen-bond donors (Lipinski definition) is 0. The normalized spacial score (nSPS) is 24.9. The molecule has 0 aromatic carbocycles. The molecule has 1 aliphatic heterocycles. The van der Waals surface area contributed by atoms with Crippen molar-refractivity contribution in [3.05, 3.63) is 0 Å². The van der Waals surface area contributed by atoms with E-state index in [1.165, 1.54) is 44.3 Å². The average molecular weight is 242 g/mol. The second kappa shape index (κ2) is 7.37. The Labute approximate surface area is 105 Å². The van der Waals surface area contributed by atoms with E-state index in [4.69, 9.17) is 0 Å². The Morgan fingerprint density at radius 1 is 1.19 bits per heavy atom. The Morgan fingerprint density at radius 3 is 2.50 bits per heavy atom. The molecule has 1 atom stereocenters. The van der Waals surface area contributed by atoms with Crippen LogP contribution in [0.25, 0.3) is 0 Å². The van der Waals surface area contributed by atoms with E-state index in [1.807, 2.05) is 11.8 Å². The standard InChI is InChI=1S/C14H26OS/c1-3-4-5-6-7-8-10-13(15)14(2)11-9-12-16-14/h3-12H2,1-2H3. The quantitative estimate of drug-likeness (QED) is 0.579. The molecule has 0 aliphatic carbocycles. The van der Waals surface area contributed by atoms with E-state index in [0.717, 1.165) is 19.3 Å². The number of Topliss-reactive ketones (excluding diaryl/α,β-unsaturated/α-hetero) is 1. The third kappa shape index (κ3) is 4.48. The zero-order valence-electron chi connectivity index (χ0n) is 10.9. The fraction of sp³-hybridized carbons (Fsp3) is 0.929. The molecule has 0 aromatic rings. The van der Waals surface area contributed by atoms with E-state index in [0.29, 0.717) is 5.78 Å². The smallest absolute Gasteiger partial charge is 0.148 e. The summed E-state index contributed by atoms with van der Waals surface area (Å²) in [6.45, 7) is 4.38. The largest absolute Gasteiger partial charge is 0.298 e. The average Bonchev–Trinajstić information content (AvgIpc) is 2.71. The van der Waals surface area contributed by atoms with Gasteiger partial charge < -0.3 is 0 Å². The summed E-state index contributed by atoms with van der Waals surface area (Å²) in [5.74, 6) is 1.68. The van der Waals surface area contributed by atoms with E-state index in [9.17, 15) is 4.79 Å². The minimum absolute atomic E-state index is 0.0244. The van der Waals surface area contributed by atoms with Crippen LogP contribution in [0.1, 0.15) is 71.6 Å². The lowest BCUT2D eigenvalue weighted by molar-refractivity contribution is -0.121. The van der Waals surface area contributed by atoms with Gasteiger partial charge in [-0.05, 0) is 31.9 Å². The van der Waals surface area contributed by atoms with Gasteiger partial charge in [-0.15, -0.1) is 11.8 Å². The molecule has 16 heavy (non-hydrogen) atoms. The van der Waals surface area contributed by atoms with Crippen LogP contribution in [-0.4, -0.2) is 16.3 Å². The second-order valence-corrected chi connectivity index (χ2v) is 6.72. The van der Waals surface area contributed by atoms with Crippen molar-refractivity contribution in [3.63, 3.8) is 0 Å². The highest BCUT2D eigenvalue weighted by molar-refractivity contribution is 8.01. The number of unbranched alkanes of at least 4 members (excludes halogenated alkanes) is 5. The van der Waals surface area contributed by atoms with Gasteiger partial charge in [-0.25, -0.2) is 0 Å². The summed E-state index contributed by atoms with van der Waals surface area (Å²) < 4.78 is -0.0244. The summed E-state index contributed by atoms with van der Waals surface area (Å²) in [7, 11) is 0. The van der Waals surface area contributed by atoms with Crippen LogP contribution < -0.4 is 0 Å². The van der Waals surface area contributed by atoms with Gasteiger partial charge in [0.25, 0.3) is 0 Å². The molecular weight excluding hydrogens is 216 g/mol. The van der Waals surface area contributed by atoms with Crippen LogP contribution in [0, 0.1) is 0 Å². The molecule has 0 saturated carbocycles. The molecule has 0 amide bonds. The predicted octanol–water partition coefficient (Wildman–Crippen LogP) is 4.59. The van der Waals surface area contributed by atoms with Crippen LogP contribution in [0.15, 0.2) is 0 Å². The highest BCUT2D eigenvalue weighted by Gasteiger charge is 2.35. The second-order valence-electron chi connectivity index (χ2n) is 5.12. The lowest BCUT2D eigenvalue weighted by Gasteiger charge is -2.20. The molecule has 1 fully saturated rings. The number of rotatable bonds is 8. The van der Waals surface area contributed by atoms with Crippen LogP contribution in [0.2, 0.25) is 0 Å². The Hall–Kier alpha value is 0.0200. The Kier molecular flexibility index (Phi) is 6.48. The summed E-state index contributed by atoms with van der Waals surface area (Å²) in [4.78, 5) is 12.0. The number of carbonyl (C=O) groups is 1. The summed E-state index contributed by atoms with van der Waals surface area (Å²) >= 11 is 1.88. The Morgan fingerprint density at radius 2 is 1.88 bits per heavy atom. The number of hydrogen-bond acceptors (Lipinski definition) is 2. The van der Waals surface area contributed by atoms with Gasteiger partial charge in [0, 0.05) is 6.42 Å². The van der Waals surface area contributed by atoms with Crippen molar-refractivity contribution >= 4 is 17.5 Å². The molecule has 0 spiro atoms. The first-order valence-electron chi connectivity index (χ1n) is 6.86. The lowest BCUT2D eigenvalue weighted by atomic mass is 9.96. The molecule has 1 aliphatic rings. The molecule has 0 radical (unpaired) electrons. The van der Waals surface area contributed by atoms with Crippen molar-refractivity contribution in [2.75, 3.05) is 5.75 Å². The summed E-state index contributed by atoms with van der Waals surface area (Å²) in [6, 6.07) is 0. The molecule has 1 nitrogen and oxygen atoms in total. The van der Waals surface area contributed by atoms with Crippen molar-refractivity contribution in [2.24, 2.45) is 0 Å². The topological polar surface area (TPSA) is 17.1 Å². The van der Waals surface area contributed by atoms with E-state index < -0.39 is 0 Å². The van der Waals surface area contributed by atoms with Gasteiger partial charge >= 0.3 is 0 Å². The van der Waals surface area contributed by atoms with E-state index in [-0.39, 0.29) is 4.75 Å². The fourth-order valence-electron chi connectivity index (χ4n) is 2.33. The maximum atomic E-state index is 12.0. The number of thioether (sulfide) groups is 1. The van der Waals surface area contributed by atoms with Crippen LogP contribution in [-0.2, 0) is 4.79 Å². The highest BCUT2D eigenvalue weighted by atomic mass is 32.2. The molecule has 1 saturated heterocycles. The molecule has 0 aromatic heterocycles. The monoisotopic (exact) mass is 242 g/mol. The first kappa shape index (κ1) is 14.1. The van der Waals surface area contributed by atoms with Gasteiger partial charge in [0.2, 0.25) is 0 Å². The molecule has 0 N–H and O–H groups in total. The number of carbonyl (C=O) groups excluding carboxylic acids is 1. The van der Waals surface area contributed by atoms with Gasteiger partial charge in [-0.3, -0.25) is 4.79 Å². The van der Waals surface area contributed by atoms with Crippen LogP contribution in [0.4, 0.5) is 0 Å². The van der Waals surface area contributed by atoms with Crippen molar-refractivity contribution in [3.8, 4) is 0 Å². The van der Waals surface area contributed by atoms with Crippen molar-refractivity contribution < 1.29 is 4.79 Å². The molecule has 1 heterocycles. The molecule has 0 bridgehead atoms. The van der Waals surface area contributed by atoms with E-state index in [1.54, 1.807) is 0 Å². The van der Waals surface area contributed by atoms with Crippen LogP contribution >= 0.6 is 11.8 Å². The SMILES string of the molecule is CCCCCCCCC(=O)C1(C)CCCS1. The van der Waals surface area contributed by atoms with Gasteiger partial charge in [0.1, 0.15) is 5.78 Å². The van der Waals surface area contributed by atoms with E-state index in [2.05, 4.69) is 13.8 Å². The molecular formula is C14H26OS. The summed E-state index contributed by atoms with van der Waals surface area (Å²) in [5.41, 5.74) is 0. The van der Waals surface area contributed by atoms with Crippen molar-refractivity contribution in [1.29, 1.82) is 0 Å². The first-order valence-corrected chi connectivity index (χ1v) is 7.85. The molecule has 1 rings (SSSR count). The van der Waals surface area contributed by atoms with Crippen molar-refractivity contribution in [2.45, 2.75) is 76.4 Å². The zero-order chi connectivity index (χ0) is 11.9. The fourth-order valence-corrected chi connectivity index (χ4v) is 3.62. The summed E-state index contributed by atoms with van der Waals surface area (Å²) in [6.07, 6.45) is 10.8. The maximum absolute atomic E-state index is 12.0. The Bertz CT molecular complexity index is 207. The predicted molar refractivity (Wildman–Crippen MR) is 73.1 cm³/mol. The molecule has 94 valence electrons. The van der Waals surface area contributed by atoms with Crippen molar-refractivity contribution in [1.82, 2.24) is 0 Å². The van der Waals surface area contributed by atoms with Crippen LogP contribution in [0.3, 0.4) is 0 Å². The Balaban J connectivity index is 2.06. The van der Waals surface area contributed by atoms with Gasteiger partial charge in [0.05, 0.1) is 4.75 Å². The zero-order valence-corrected chi connectivity index (χ0v) is 11.7. The van der Waals surface area contributed by atoms with Gasteiger partial charge in [0.15, 0.2) is 0 Å².